The van der Waals surface area contributed by atoms with Gasteiger partial charge in [-0.25, -0.2) is 4.39 Å². The van der Waals surface area contributed by atoms with Crippen molar-refractivity contribution in [2.45, 2.75) is 24.7 Å². The number of carbonyl (C=O) groups is 2. The number of benzene rings is 2. The second kappa shape index (κ2) is 8.16. The molecule has 0 saturated carbocycles. The maximum absolute atomic E-state index is 13.3. The fourth-order valence-electron chi connectivity index (χ4n) is 4.70. The highest BCUT2D eigenvalue weighted by atomic mass is 19.4. The van der Waals surface area contributed by atoms with Crippen molar-refractivity contribution in [3.63, 3.8) is 0 Å². The van der Waals surface area contributed by atoms with Crippen molar-refractivity contribution < 1.29 is 32.3 Å². The normalized spacial score (nSPS) is 17.6. The van der Waals surface area contributed by atoms with E-state index in [2.05, 4.69) is 11.7 Å². The van der Waals surface area contributed by atoms with Crippen molar-refractivity contribution in [3.8, 4) is 11.3 Å². The van der Waals surface area contributed by atoms with E-state index in [0.717, 1.165) is 12.1 Å². The third-order valence-electron chi connectivity index (χ3n) is 6.52. The lowest BCUT2D eigenvalue weighted by Crippen LogP contribution is -2.61. The molecular weight excluding hydrogens is 480 g/mol. The number of amides is 2. The lowest BCUT2D eigenvalue weighted by molar-refractivity contribution is -0.137. The fraction of sp³-hybridized carbons (Fsp3) is 0.320. The van der Waals surface area contributed by atoms with Crippen LogP contribution in [0.4, 0.5) is 17.6 Å². The van der Waals surface area contributed by atoms with E-state index in [1.165, 1.54) is 21.9 Å². The average Bonchev–Trinajstić information content (AvgIpc) is 3.14. The summed E-state index contributed by atoms with van der Waals surface area (Å²) in [5, 5.41) is 15.3. The molecule has 2 saturated heterocycles. The summed E-state index contributed by atoms with van der Waals surface area (Å²) in [4.78, 5) is 28.0. The van der Waals surface area contributed by atoms with Crippen LogP contribution in [0.1, 0.15) is 28.9 Å². The molecule has 2 aliphatic rings. The minimum atomic E-state index is -4.49. The van der Waals surface area contributed by atoms with Gasteiger partial charge in [0.2, 0.25) is 0 Å². The predicted molar refractivity (Wildman–Crippen MR) is 123 cm³/mol. The summed E-state index contributed by atoms with van der Waals surface area (Å²) in [6, 6.07) is 9.20. The van der Waals surface area contributed by atoms with E-state index < -0.39 is 29.1 Å². The molecule has 0 unspecified atom stereocenters. The van der Waals surface area contributed by atoms with Crippen molar-refractivity contribution in [2.24, 2.45) is 0 Å². The number of rotatable bonds is 4. The Labute approximate surface area is 203 Å². The van der Waals surface area contributed by atoms with Gasteiger partial charge in [0.15, 0.2) is 5.83 Å². The molecule has 11 heteroatoms. The Morgan fingerprint density at radius 1 is 1.08 bits per heavy atom. The summed E-state index contributed by atoms with van der Waals surface area (Å²) in [5.74, 6) is -2.23. The summed E-state index contributed by atoms with van der Waals surface area (Å²) in [5.41, 5.74) is -0.196. The number of fused-ring (bicyclic) bond motifs is 1. The quantitative estimate of drug-likeness (QED) is 0.435. The zero-order valence-corrected chi connectivity index (χ0v) is 19.2. The average molecular weight is 502 g/mol. The van der Waals surface area contributed by atoms with Crippen molar-refractivity contribution in [1.82, 2.24) is 19.6 Å². The largest absolute Gasteiger partial charge is 0.416 e. The van der Waals surface area contributed by atoms with E-state index in [4.69, 9.17) is 0 Å². The third kappa shape index (κ3) is 4.02. The van der Waals surface area contributed by atoms with Crippen LogP contribution in [-0.2, 0) is 11.0 Å². The molecular formula is C25H22F4N4O3. The van der Waals surface area contributed by atoms with Gasteiger partial charge >= 0.3 is 6.18 Å². The first kappa shape index (κ1) is 24.0. The van der Waals surface area contributed by atoms with E-state index in [0.29, 0.717) is 27.7 Å². The van der Waals surface area contributed by atoms with Gasteiger partial charge in [-0.1, -0.05) is 30.8 Å². The van der Waals surface area contributed by atoms with Crippen LogP contribution in [-0.4, -0.2) is 68.3 Å². The van der Waals surface area contributed by atoms with Crippen LogP contribution >= 0.6 is 0 Å². The molecule has 1 N–H and O–H groups in total. The second-order valence-electron chi connectivity index (χ2n) is 9.50. The summed E-state index contributed by atoms with van der Waals surface area (Å²) in [6.07, 6.45) is -4.49. The van der Waals surface area contributed by atoms with Gasteiger partial charge < -0.3 is 14.9 Å². The highest BCUT2D eigenvalue weighted by molar-refractivity contribution is 6.09. The van der Waals surface area contributed by atoms with Gasteiger partial charge in [0.05, 0.1) is 41.4 Å². The number of alkyl halides is 3. The Hall–Kier alpha value is -3.73. The Bertz CT molecular complexity index is 1380. The maximum atomic E-state index is 13.3. The second-order valence-corrected chi connectivity index (χ2v) is 9.50. The van der Waals surface area contributed by atoms with E-state index >= 15 is 0 Å². The molecule has 3 aromatic rings. The number of carbonyl (C=O) groups excluding carboxylic acids is 2. The Morgan fingerprint density at radius 3 is 2.28 bits per heavy atom. The summed E-state index contributed by atoms with van der Waals surface area (Å²) >= 11 is 0. The van der Waals surface area contributed by atoms with Gasteiger partial charge in [0.25, 0.3) is 11.8 Å². The zero-order valence-electron chi connectivity index (χ0n) is 19.2. The molecule has 2 aromatic carbocycles. The topological polar surface area (TPSA) is 78.7 Å². The molecule has 0 spiro atoms. The van der Waals surface area contributed by atoms with Gasteiger partial charge in [0, 0.05) is 24.0 Å². The molecule has 2 fully saturated rings. The number of hydrogen-bond donors (Lipinski definition) is 1. The van der Waals surface area contributed by atoms with Crippen molar-refractivity contribution in [1.29, 1.82) is 0 Å². The number of halogens is 4. The molecule has 36 heavy (non-hydrogen) atoms. The number of nitrogens with zero attached hydrogens (tertiary/aromatic N) is 4. The molecule has 2 amide bonds. The van der Waals surface area contributed by atoms with Crippen LogP contribution in [0.3, 0.4) is 0 Å². The standard InChI is InChI=1S/C25H22F4N4O3/c1-14(26)22(34)31-10-17(11-31)33-21-18(4-3-5-19(21)23(35)32-12-24(2,36)13-32)20(30-33)15-6-8-16(9-7-15)25(27,28)29/h3-9,17,36H,1,10-13H2,2H3. The van der Waals surface area contributed by atoms with Crippen molar-refractivity contribution in [3.05, 3.63) is 66.0 Å². The smallest absolute Gasteiger partial charge is 0.386 e. The SMILES string of the molecule is C=C(F)C(=O)N1CC(n2nc(-c3ccc(C(F)(F)F)cc3)c3cccc(C(=O)N4CC(C)(O)C4)c32)C1. The van der Waals surface area contributed by atoms with Gasteiger partial charge in [-0.05, 0) is 25.1 Å². The van der Waals surface area contributed by atoms with Crippen LogP contribution in [0.5, 0.6) is 0 Å². The highest BCUT2D eigenvalue weighted by Crippen LogP contribution is 2.37. The molecule has 0 bridgehead atoms. The van der Waals surface area contributed by atoms with Gasteiger partial charge in [-0.15, -0.1) is 0 Å². The Balaban J connectivity index is 1.58. The number of β-amino-alcohol motifs (C(OH)–C–C–N with tert-alkyl or cyclic N) is 1. The zero-order chi connectivity index (χ0) is 26.0. The number of likely N-dealkylation sites (tertiary alicyclic amines) is 2. The molecule has 188 valence electrons. The van der Waals surface area contributed by atoms with Crippen LogP contribution in [0.2, 0.25) is 0 Å². The van der Waals surface area contributed by atoms with E-state index in [9.17, 15) is 32.3 Å². The lowest BCUT2D eigenvalue weighted by Gasteiger charge is -2.44. The van der Waals surface area contributed by atoms with Crippen LogP contribution in [0, 0.1) is 0 Å². The Kier molecular flexibility index (Phi) is 5.43. The van der Waals surface area contributed by atoms with Gasteiger partial charge in [-0.2, -0.15) is 18.3 Å². The molecule has 0 aliphatic carbocycles. The lowest BCUT2D eigenvalue weighted by atomic mass is 9.95. The molecule has 1 aromatic heterocycles. The van der Waals surface area contributed by atoms with Crippen LogP contribution in [0.15, 0.2) is 54.9 Å². The highest BCUT2D eigenvalue weighted by Gasteiger charge is 2.41. The van der Waals surface area contributed by atoms with Gasteiger partial charge in [-0.3, -0.25) is 14.3 Å². The van der Waals surface area contributed by atoms with Crippen LogP contribution in [0.25, 0.3) is 22.2 Å². The molecule has 2 aliphatic heterocycles. The number of aliphatic hydroxyl groups is 1. The molecule has 5 rings (SSSR count). The van der Waals surface area contributed by atoms with E-state index in [1.54, 1.807) is 29.8 Å². The fourth-order valence-corrected chi connectivity index (χ4v) is 4.70. The van der Waals surface area contributed by atoms with E-state index in [1.807, 2.05) is 0 Å². The minimum absolute atomic E-state index is 0.131. The number of hydrogen-bond acceptors (Lipinski definition) is 4. The van der Waals surface area contributed by atoms with Crippen LogP contribution < -0.4 is 0 Å². The van der Waals surface area contributed by atoms with Crippen molar-refractivity contribution >= 4 is 22.7 Å². The first-order chi connectivity index (χ1) is 16.9. The third-order valence-corrected chi connectivity index (χ3v) is 6.52. The minimum Gasteiger partial charge on any atom is -0.386 e. The first-order valence-electron chi connectivity index (χ1n) is 11.2. The summed E-state index contributed by atoms with van der Waals surface area (Å²) in [7, 11) is 0. The van der Waals surface area contributed by atoms with Gasteiger partial charge in [0.1, 0.15) is 5.69 Å². The molecule has 0 atom stereocenters. The molecule has 3 heterocycles. The number of aromatic nitrogens is 2. The van der Waals surface area contributed by atoms with Crippen molar-refractivity contribution in [2.75, 3.05) is 26.2 Å². The molecule has 7 nitrogen and oxygen atoms in total. The summed E-state index contributed by atoms with van der Waals surface area (Å²) < 4.78 is 54.1. The monoisotopic (exact) mass is 502 g/mol. The Morgan fingerprint density at radius 2 is 1.72 bits per heavy atom. The summed E-state index contributed by atoms with van der Waals surface area (Å²) in [6.45, 7) is 5.24. The predicted octanol–water partition coefficient (Wildman–Crippen LogP) is 3.80. The first-order valence-corrected chi connectivity index (χ1v) is 11.2. The number of para-hydroxylation sites is 1. The maximum Gasteiger partial charge on any atom is 0.416 e. The van der Waals surface area contributed by atoms with E-state index in [-0.39, 0.29) is 38.1 Å². The molecule has 0 radical (unpaired) electrons.